The molecule has 2 N–H and O–H groups in total. The zero-order valence-corrected chi connectivity index (χ0v) is 19.0. The largest absolute Gasteiger partial charge is 0.444 e. The number of nitrogens with zero attached hydrogens (tertiary/aromatic N) is 3. The molecule has 3 rings (SSSR count). The van der Waals surface area contributed by atoms with Gasteiger partial charge in [-0.3, -0.25) is 9.55 Å². The monoisotopic (exact) mass is 438 g/mol. The Balaban J connectivity index is 2.00. The summed E-state index contributed by atoms with van der Waals surface area (Å²) in [4.78, 5) is 33.8. The number of nitrogens with one attached hydrogen (secondary N) is 1. The fourth-order valence-electron chi connectivity index (χ4n) is 4.15. The van der Waals surface area contributed by atoms with Crippen molar-refractivity contribution in [1.29, 1.82) is 0 Å². The normalized spacial score (nSPS) is 17.0. The molecule has 30 heavy (non-hydrogen) atoms. The number of fused-ring (bicyclic) bond motifs is 1. The minimum atomic E-state index is -1.28. The van der Waals surface area contributed by atoms with Gasteiger partial charge in [-0.2, -0.15) is 0 Å². The average Bonchev–Trinajstić information content (AvgIpc) is 2.98. The average molecular weight is 439 g/mol. The molecule has 1 saturated heterocycles. The van der Waals surface area contributed by atoms with E-state index in [0.717, 1.165) is 12.8 Å². The summed E-state index contributed by atoms with van der Waals surface area (Å²) in [6, 6.07) is -0.0317. The molecule has 0 aromatic carbocycles. The molecule has 1 fully saturated rings. The van der Waals surface area contributed by atoms with Crippen LogP contribution in [0.4, 0.5) is 4.79 Å². The third kappa shape index (κ3) is 4.21. The van der Waals surface area contributed by atoms with Crippen LogP contribution in [0.25, 0.3) is 11.2 Å². The predicted octanol–water partition coefficient (Wildman–Crippen LogP) is 3.96. The van der Waals surface area contributed by atoms with Crippen LogP contribution in [0.1, 0.15) is 71.9 Å². The van der Waals surface area contributed by atoms with Crippen LogP contribution < -0.4 is 5.69 Å². The molecule has 0 unspecified atom stereocenters. The van der Waals surface area contributed by atoms with Crippen molar-refractivity contribution in [2.24, 2.45) is 0 Å². The number of carbonyl (C=O) groups is 1. The van der Waals surface area contributed by atoms with Gasteiger partial charge in [0.15, 0.2) is 5.65 Å². The second-order valence-corrected chi connectivity index (χ2v) is 9.35. The molecule has 0 saturated carbocycles. The van der Waals surface area contributed by atoms with Crippen molar-refractivity contribution in [1.82, 2.24) is 19.4 Å². The molecule has 0 spiro atoms. The van der Waals surface area contributed by atoms with Crippen LogP contribution in [0, 0.1) is 0 Å². The molecular formula is C21H31ClN4O4. The van der Waals surface area contributed by atoms with Gasteiger partial charge in [-0.1, -0.05) is 25.4 Å². The Hall–Kier alpha value is -2.06. The highest BCUT2D eigenvalue weighted by atomic mass is 35.5. The summed E-state index contributed by atoms with van der Waals surface area (Å²) in [6.07, 6.45) is 3.16. The van der Waals surface area contributed by atoms with Gasteiger partial charge >= 0.3 is 11.8 Å². The van der Waals surface area contributed by atoms with Gasteiger partial charge in [0, 0.05) is 30.9 Å². The molecule has 0 aliphatic carbocycles. The minimum absolute atomic E-state index is 0.0317. The first-order valence-corrected chi connectivity index (χ1v) is 10.9. The molecule has 1 amide bonds. The smallest absolute Gasteiger partial charge is 0.410 e. The second-order valence-electron chi connectivity index (χ2n) is 8.95. The third-order valence-electron chi connectivity index (χ3n) is 5.71. The molecule has 1 aliphatic rings. The molecule has 1 aliphatic heterocycles. The number of hydrogen-bond acceptors (Lipinski definition) is 5. The topological polar surface area (TPSA) is 100 Å². The summed E-state index contributed by atoms with van der Waals surface area (Å²) in [6.45, 7) is 10.2. The lowest BCUT2D eigenvalue weighted by Crippen LogP contribution is -2.47. The number of halogens is 1. The fourth-order valence-corrected chi connectivity index (χ4v) is 4.46. The molecule has 2 aromatic rings. The number of pyridine rings is 1. The lowest BCUT2D eigenvalue weighted by molar-refractivity contribution is -0.0349. The number of imidazole rings is 1. The van der Waals surface area contributed by atoms with E-state index in [0.29, 0.717) is 34.8 Å². The summed E-state index contributed by atoms with van der Waals surface area (Å²) < 4.78 is 7.12. The molecular weight excluding hydrogens is 408 g/mol. The maximum Gasteiger partial charge on any atom is 0.410 e. The van der Waals surface area contributed by atoms with Crippen molar-refractivity contribution in [2.75, 3.05) is 13.1 Å². The number of carbonyl (C=O) groups excluding carboxylic acids is 1. The van der Waals surface area contributed by atoms with Gasteiger partial charge in [0.25, 0.3) is 0 Å². The summed E-state index contributed by atoms with van der Waals surface area (Å²) in [5.41, 5.74) is -0.655. The number of ether oxygens (including phenoxy) is 1. The highest BCUT2D eigenvalue weighted by Gasteiger charge is 2.40. The number of rotatable bonds is 4. The Morgan fingerprint density at radius 3 is 2.47 bits per heavy atom. The van der Waals surface area contributed by atoms with Crippen LogP contribution >= 0.6 is 11.6 Å². The highest BCUT2D eigenvalue weighted by Crippen LogP contribution is 2.41. The molecule has 166 valence electrons. The van der Waals surface area contributed by atoms with Crippen molar-refractivity contribution >= 4 is 28.9 Å². The van der Waals surface area contributed by atoms with Crippen LogP contribution in [0.2, 0.25) is 5.02 Å². The van der Waals surface area contributed by atoms with E-state index < -0.39 is 17.3 Å². The van der Waals surface area contributed by atoms with E-state index >= 15 is 0 Å². The SMILES string of the molecule is CCC(CC)n1c(=O)[nH]c2ncc(Cl)c(C3(O)CCN(C(=O)OC(C)(C)C)CC3)c21. The van der Waals surface area contributed by atoms with E-state index in [2.05, 4.69) is 9.97 Å². The van der Waals surface area contributed by atoms with Gasteiger partial charge in [0.2, 0.25) is 0 Å². The van der Waals surface area contributed by atoms with Gasteiger partial charge in [-0.15, -0.1) is 0 Å². The lowest BCUT2D eigenvalue weighted by Gasteiger charge is -2.39. The Labute approximate surface area is 181 Å². The Morgan fingerprint density at radius 1 is 1.33 bits per heavy atom. The van der Waals surface area contributed by atoms with Crippen LogP contribution in [0.3, 0.4) is 0 Å². The summed E-state index contributed by atoms with van der Waals surface area (Å²) >= 11 is 6.53. The number of hydrogen-bond donors (Lipinski definition) is 2. The van der Waals surface area contributed by atoms with Crippen molar-refractivity contribution in [3.8, 4) is 0 Å². The number of likely N-dealkylation sites (tertiary alicyclic amines) is 1. The molecule has 0 radical (unpaired) electrons. The number of H-pyrrole nitrogens is 1. The number of aliphatic hydroxyl groups is 1. The summed E-state index contributed by atoms with van der Waals surface area (Å²) in [5.74, 6) is 0. The van der Waals surface area contributed by atoms with E-state index in [1.807, 2.05) is 34.6 Å². The number of piperidine rings is 1. The molecule has 2 aromatic heterocycles. The van der Waals surface area contributed by atoms with Crippen LogP contribution in [-0.2, 0) is 10.3 Å². The maximum atomic E-state index is 12.7. The van der Waals surface area contributed by atoms with E-state index in [1.54, 1.807) is 9.47 Å². The molecule has 0 bridgehead atoms. The number of aromatic nitrogens is 3. The molecule has 3 heterocycles. The van der Waals surface area contributed by atoms with E-state index in [-0.39, 0.29) is 24.6 Å². The fraction of sp³-hybridized carbons (Fsp3) is 0.667. The van der Waals surface area contributed by atoms with E-state index in [4.69, 9.17) is 16.3 Å². The third-order valence-corrected chi connectivity index (χ3v) is 5.99. The van der Waals surface area contributed by atoms with E-state index in [1.165, 1.54) is 6.20 Å². The minimum Gasteiger partial charge on any atom is -0.444 e. The predicted molar refractivity (Wildman–Crippen MR) is 116 cm³/mol. The van der Waals surface area contributed by atoms with Crippen LogP contribution in [0.15, 0.2) is 11.0 Å². The Bertz CT molecular complexity index is 979. The van der Waals surface area contributed by atoms with Crippen molar-refractivity contribution in [3.05, 3.63) is 27.3 Å². The summed E-state index contributed by atoms with van der Waals surface area (Å²) in [5, 5.41) is 11.9. The van der Waals surface area contributed by atoms with Crippen molar-refractivity contribution in [3.63, 3.8) is 0 Å². The van der Waals surface area contributed by atoms with Gasteiger partial charge in [0.05, 0.1) is 16.1 Å². The standard InChI is InChI=1S/C21H31ClN4O4/c1-6-13(7-2)26-16-15(14(22)12-23-17(16)24-18(26)27)21(29)8-10-25(11-9-21)19(28)30-20(3,4)5/h12-13,29H,6-11H2,1-5H3,(H,23,24,27). The van der Waals surface area contributed by atoms with Gasteiger partial charge < -0.3 is 14.7 Å². The highest BCUT2D eigenvalue weighted by molar-refractivity contribution is 6.32. The zero-order chi connectivity index (χ0) is 22.3. The maximum absolute atomic E-state index is 12.7. The molecule has 0 atom stereocenters. The lowest BCUT2D eigenvalue weighted by atomic mass is 9.84. The first-order chi connectivity index (χ1) is 14.0. The van der Waals surface area contributed by atoms with Gasteiger partial charge in [-0.05, 0) is 46.5 Å². The van der Waals surface area contributed by atoms with Crippen molar-refractivity contribution < 1.29 is 14.6 Å². The van der Waals surface area contributed by atoms with Crippen LogP contribution in [0.5, 0.6) is 0 Å². The number of aromatic amines is 1. The Kier molecular flexibility index (Phi) is 6.20. The first-order valence-electron chi connectivity index (χ1n) is 10.5. The van der Waals surface area contributed by atoms with Crippen molar-refractivity contribution in [2.45, 2.75) is 77.5 Å². The van der Waals surface area contributed by atoms with Gasteiger partial charge in [0.1, 0.15) is 5.60 Å². The second kappa shape index (κ2) is 8.23. The Morgan fingerprint density at radius 2 is 1.93 bits per heavy atom. The molecule has 8 nitrogen and oxygen atoms in total. The first kappa shape index (κ1) is 22.6. The quantitative estimate of drug-likeness (QED) is 0.752. The summed E-state index contributed by atoms with van der Waals surface area (Å²) in [7, 11) is 0. The van der Waals surface area contributed by atoms with Gasteiger partial charge in [-0.25, -0.2) is 14.6 Å². The molecule has 9 heteroatoms. The van der Waals surface area contributed by atoms with E-state index in [9.17, 15) is 14.7 Å². The number of amides is 1. The van der Waals surface area contributed by atoms with Crippen LogP contribution in [-0.4, -0.2) is 49.3 Å². The zero-order valence-electron chi connectivity index (χ0n) is 18.3.